The quantitative estimate of drug-likeness (QED) is 0.632. The van der Waals surface area contributed by atoms with Crippen molar-refractivity contribution in [2.24, 2.45) is 0 Å². The van der Waals surface area contributed by atoms with Crippen molar-refractivity contribution in [3.63, 3.8) is 0 Å². The molecular formula is C12H7BrF2N2O3. The second-order valence-electron chi connectivity index (χ2n) is 3.54. The molecule has 0 aliphatic heterocycles. The standard InChI is InChI=1S/C12H7BrF2N2O3/c1-19-12(18)8-4-16-5-10(17-8)20-9-3-6(13)2-7(14)11(9)15/h2-5H,1H3. The molecular weight excluding hydrogens is 338 g/mol. The van der Waals surface area contributed by atoms with Crippen LogP contribution >= 0.6 is 15.9 Å². The molecule has 2 aromatic rings. The SMILES string of the molecule is COC(=O)c1cncc(Oc2cc(Br)cc(F)c2F)n1. The van der Waals surface area contributed by atoms with Gasteiger partial charge in [0, 0.05) is 4.47 Å². The zero-order valence-corrected chi connectivity index (χ0v) is 11.6. The van der Waals surface area contributed by atoms with Gasteiger partial charge in [0.15, 0.2) is 17.3 Å². The highest BCUT2D eigenvalue weighted by atomic mass is 79.9. The van der Waals surface area contributed by atoms with Crippen LogP contribution in [0.3, 0.4) is 0 Å². The molecule has 1 heterocycles. The molecule has 0 bridgehead atoms. The molecule has 2 rings (SSSR count). The summed E-state index contributed by atoms with van der Waals surface area (Å²) in [6, 6.07) is 2.18. The molecule has 0 aliphatic rings. The molecule has 0 saturated carbocycles. The number of nitrogens with zero attached hydrogens (tertiary/aromatic N) is 2. The monoisotopic (exact) mass is 344 g/mol. The summed E-state index contributed by atoms with van der Waals surface area (Å²) in [7, 11) is 1.18. The first-order chi connectivity index (χ1) is 9.51. The van der Waals surface area contributed by atoms with Crippen LogP contribution in [-0.4, -0.2) is 23.0 Å². The lowest BCUT2D eigenvalue weighted by Crippen LogP contribution is -2.05. The fourth-order valence-electron chi connectivity index (χ4n) is 1.32. The van der Waals surface area contributed by atoms with Crippen LogP contribution in [0.1, 0.15) is 10.5 Å². The van der Waals surface area contributed by atoms with Gasteiger partial charge in [-0.15, -0.1) is 0 Å². The van der Waals surface area contributed by atoms with E-state index >= 15 is 0 Å². The highest BCUT2D eigenvalue weighted by molar-refractivity contribution is 9.10. The van der Waals surface area contributed by atoms with Crippen LogP contribution in [0, 0.1) is 11.6 Å². The van der Waals surface area contributed by atoms with Gasteiger partial charge in [-0.05, 0) is 12.1 Å². The van der Waals surface area contributed by atoms with Crippen LogP contribution < -0.4 is 4.74 Å². The van der Waals surface area contributed by atoms with E-state index in [0.29, 0.717) is 4.47 Å². The average Bonchev–Trinajstić information content (AvgIpc) is 2.43. The third kappa shape index (κ3) is 3.08. The van der Waals surface area contributed by atoms with Crippen molar-refractivity contribution < 1.29 is 23.0 Å². The number of halogens is 3. The molecule has 5 nitrogen and oxygen atoms in total. The third-order valence-electron chi connectivity index (χ3n) is 2.18. The smallest absolute Gasteiger partial charge is 0.358 e. The van der Waals surface area contributed by atoms with Crippen molar-refractivity contribution in [2.45, 2.75) is 0 Å². The first kappa shape index (κ1) is 14.3. The van der Waals surface area contributed by atoms with Crippen LogP contribution in [0.25, 0.3) is 0 Å². The lowest BCUT2D eigenvalue weighted by Gasteiger charge is -2.07. The van der Waals surface area contributed by atoms with Gasteiger partial charge in [0.1, 0.15) is 0 Å². The minimum Gasteiger partial charge on any atom is -0.464 e. The van der Waals surface area contributed by atoms with Gasteiger partial charge >= 0.3 is 5.97 Å². The number of carbonyl (C=O) groups excluding carboxylic acids is 1. The summed E-state index contributed by atoms with van der Waals surface area (Å²) in [5, 5.41) is 0. The van der Waals surface area contributed by atoms with Gasteiger partial charge in [0.25, 0.3) is 0 Å². The van der Waals surface area contributed by atoms with E-state index in [9.17, 15) is 13.6 Å². The number of carbonyl (C=O) groups is 1. The minimum absolute atomic E-state index is 0.110. The third-order valence-corrected chi connectivity index (χ3v) is 2.64. The summed E-state index contributed by atoms with van der Waals surface area (Å²) in [5.74, 6) is -3.51. The van der Waals surface area contributed by atoms with E-state index < -0.39 is 17.6 Å². The molecule has 0 atom stereocenters. The zero-order chi connectivity index (χ0) is 14.7. The average molecular weight is 345 g/mol. The van der Waals surface area contributed by atoms with Crippen molar-refractivity contribution in [2.75, 3.05) is 7.11 Å². The fraction of sp³-hybridized carbons (Fsp3) is 0.0833. The maximum absolute atomic E-state index is 13.5. The van der Waals surface area contributed by atoms with Crippen LogP contribution in [0.5, 0.6) is 11.6 Å². The number of hydrogen-bond donors (Lipinski definition) is 0. The van der Waals surface area contributed by atoms with E-state index in [1.807, 2.05) is 0 Å². The van der Waals surface area contributed by atoms with Gasteiger partial charge in [-0.2, -0.15) is 4.39 Å². The van der Waals surface area contributed by atoms with Crippen LogP contribution in [0.2, 0.25) is 0 Å². The first-order valence-electron chi connectivity index (χ1n) is 5.24. The Kier molecular flexibility index (Phi) is 4.23. The van der Waals surface area contributed by atoms with Gasteiger partial charge in [-0.3, -0.25) is 4.98 Å². The highest BCUT2D eigenvalue weighted by Gasteiger charge is 2.14. The topological polar surface area (TPSA) is 61.3 Å². The van der Waals surface area contributed by atoms with E-state index in [-0.39, 0.29) is 17.3 Å². The van der Waals surface area contributed by atoms with Crippen LogP contribution in [0.15, 0.2) is 29.0 Å². The second kappa shape index (κ2) is 5.91. The number of benzene rings is 1. The van der Waals surface area contributed by atoms with Gasteiger partial charge < -0.3 is 9.47 Å². The van der Waals surface area contributed by atoms with Gasteiger partial charge in [0.2, 0.25) is 11.7 Å². The lowest BCUT2D eigenvalue weighted by atomic mass is 10.3. The Bertz CT molecular complexity index is 667. The maximum Gasteiger partial charge on any atom is 0.358 e. The molecule has 0 saturated heterocycles. The molecule has 20 heavy (non-hydrogen) atoms. The summed E-state index contributed by atoms with van der Waals surface area (Å²) in [6.07, 6.45) is 2.32. The normalized spacial score (nSPS) is 10.2. The van der Waals surface area contributed by atoms with Gasteiger partial charge in [0.05, 0.1) is 19.5 Å². The molecule has 104 valence electrons. The van der Waals surface area contributed by atoms with Gasteiger partial charge in [-0.25, -0.2) is 14.2 Å². The van der Waals surface area contributed by atoms with Crippen molar-refractivity contribution >= 4 is 21.9 Å². The molecule has 0 fully saturated rings. The predicted molar refractivity (Wildman–Crippen MR) is 67.5 cm³/mol. The Morgan fingerprint density at radius 2 is 2.05 bits per heavy atom. The van der Waals surface area contributed by atoms with Crippen molar-refractivity contribution in [1.82, 2.24) is 9.97 Å². The summed E-state index contributed by atoms with van der Waals surface area (Å²) >= 11 is 3.01. The molecule has 1 aromatic heterocycles. The second-order valence-corrected chi connectivity index (χ2v) is 4.45. The van der Waals surface area contributed by atoms with E-state index in [1.54, 1.807) is 0 Å². The number of ether oxygens (including phenoxy) is 2. The molecule has 8 heteroatoms. The summed E-state index contributed by atoms with van der Waals surface area (Å²) < 4.78 is 36.6. The van der Waals surface area contributed by atoms with Crippen LogP contribution in [-0.2, 0) is 4.74 Å². The van der Waals surface area contributed by atoms with Crippen molar-refractivity contribution in [3.05, 3.63) is 46.3 Å². The minimum atomic E-state index is -1.17. The maximum atomic E-state index is 13.5. The van der Waals surface area contributed by atoms with Crippen LogP contribution in [0.4, 0.5) is 8.78 Å². The van der Waals surface area contributed by atoms with Crippen molar-refractivity contribution in [3.8, 4) is 11.6 Å². The molecule has 0 amide bonds. The number of aromatic nitrogens is 2. The summed E-state index contributed by atoms with van der Waals surface area (Å²) in [6.45, 7) is 0. The van der Waals surface area contributed by atoms with E-state index in [0.717, 1.165) is 18.5 Å². The number of hydrogen-bond acceptors (Lipinski definition) is 5. The fourth-order valence-corrected chi connectivity index (χ4v) is 1.73. The van der Waals surface area contributed by atoms with E-state index in [1.165, 1.54) is 13.2 Å². The number of rotatable bonds is 3. The molecule has 0 spiro atoms. The summed E-state index contributed by atoms with van der Waals surface area (Å²) in [5.41, 5.74) is -0.110. The number of esters is 1. The van der Waals surface area contributed by atoms with E-state index in [2.05, 4.69) is 30.6 Å². The number of methoxy groups -OCH3 is 1. The molecule has 0 radical (unpaired) electrons. The Morgan fingerprint density at radius 3 is 2.75 bits per heavy atom. The lowest BCUT2D eigenvalue weighted by molar-refractivity contribution is 0.0592. The first-order valence-corrected chi connectivity index (χ1v) is 6.03. The Morgan fingerprint density at radius 1 is 1.30 bits per heavy atom. The van der Waals surface area contributed by atoms with Gasteiger partial charge in [-0.1, -0.05) is 15.9 Å². The predicted octanol–water partition coefficient (Wildman–Crippen LogP) is 3.10. The highest BCUT2D eigenvalue weighted by Crippen LogP contribution is 2.28. The Balaban J connectivity index is 2.33. The largest absolute Gasteiger partial charge is 0.464 e. The molecule has 0 unspecified atom stereocenters. The zero-order valence-electron chi connectivity index (χ0n) is 10.1. The molecule has 1 aromatic carbocycles. The Labute approximate surface area is 120 Å². The Hall–Kier alpha value is -2.09. The van der Waals surface area contributed by atoms with Crippen molar-refractivity contribution in [1.29, 1.82) is 0 Å². The molecule has 0 N–H and O–H groups in total. The molecule has 0 aliphatic carbocycles. The van der Waals surface area contributed by atoms with E-state index in [4.69, 9.17) is 4.74 Å². The summed E-state index contributed by atoms with van der Waals surface area (Å²) in [4.78, 5) is 18.8.